The van der Waals surface area contributed by atoms with Gasteiger partial charge in [0, 0.05) is 36.5 Å². The molecular formula is C21H23IN4O3. The lowest BCUT2D eigenvalue weighted by molar-refractivity contribution is -0.115. The molecule has 0 aromatic heterocycles. The number of anilines is 2. The average molecular weight is 506 g/mol. The number of nitrogens with zero attached hydrogens (tertiary/aromatic N) is 1. The molecule has 8 heteroatoms. The number of terminal acetylenes is 1. The van der Waals surface area contributed by atoms with Crippen LogP contribution in [0.2, 0.25) is 0 Å². The van der Waals surface area contributed by atoms with Crippen molar-refractivity contribution in [2.75, 3.05) is 37.4 Å². The van der Waals surface area contributed by atoms with Gasteiger partial charge in [-0.25, -0.2) is 0 Å². The van der Waals surface area contributed by atoms with E-state index in [9.17, 15) is 4.79 Å². The number of amides is 1. The third-order valence-electron chi connectivity index (χ3n) is 3.96. The molecule has 0 saturated heterocycles. The quantitative estimate of drug-likeness (QED) is 0.257. The first kappa shape index (κ1) is 22.4. The second kappa shape index (κ2) is 11.2. The van der Waals surface area contributed by atoms with E-state index in [0.29, 0.717) is 36.2 Å². The molecule has 0 unspecified atom stereocenters. The standard InChI is InChI=1S/C21H22N4O3.HI/c1-3-15-6-4-7-16(12-15)24-20(26)14-23-21(22-2)25-17-8-9-18-19(13-17)28-11-5-10-27-18;/h1,4,6-9,12-13H,5,10-11,14H2,2H3,(H,24,26)(H2,22,23,25);1H. The summed E-state index contributed by atoms with van der Waals surface area (Å²) in [6.45, 7) is 1.30. The fourth-order valence-corrected chi connectivity index (χ4v) is 2.61. The van der Waals surface area contributed by atoms with Crippen LogP contribution < -0.4 is 25.4 Å². The van der Waals surface area contributed by atoms with Gasteiger partial charge in [0.25, 0.3) is 0 Å². The first-order valence-corrected chi connectivity index (χ1v) is 8.92. The molecule has 29 heavy (non-hydrogen) atoms. The Kier molecular flexibility index (Phi) is 8.61. The van der Waals surface area contributed by atoms with E-state index in [1.807, 2.05) is 18.2 Å². The summed E-state index contributed by atoms with van der Waals surface area (Å²) in [5.74, 6) is 4.19. The molecule has 0 aliphatic carbocycles. The highest BCUT2D eigenvalue weighted by atomic mass is 127. The average Bonchev–Trinajstić information content (AvgIpc) is 2.96. The summed E-state index contributed by atoms with van der Waals surface area (Å²) in [5.41, 5.74) is 2.13. The number of guanidine groups is 1. The van der Waals surface area contributed by atoms with E-state index in [2.05, 4.69) is 26.9 Å². The second-order valence-corrected chi connectivity index (χ2v) is 6.04. The van der Waals surface area contributed by atoms with E-state index in [1.54, 1.807) is 31.3 Å². The van der Waals surface area contributed by atoms with Crippen LogP contribution in [0, 0.1) is 12.3 Å². The van der Waals surface area contributed by atoms with Gasteiger partial charge < -0.3 is 25.4 Å². The van der Waals surface area contributed by atoms with E-state index in [-0.39, 0.29) is 36.4 Å². The van der Waals surface area contributed by atoms with Crippen molar-refractivity contribution in [2.45, 2.75) is 6.42 Å². The van der Waals surface area contributed by atoms with Gasteiger partial charge >= 0.3 is 0 Å². The summed E-state index contributed by atoms with van der Waals surface area (Å²) in [6, 6.07) is 12.7. The highest BCUT2D eigenvalue weighted by molar-refractivity contribution is 14.0. The number of hydrogen-bond donors (Lipinski definition) is 3. The Labute approximate surface area is 187 Å². The molecule has 0 saturated carbocycles. The van der Waals surface area contributed by atoms with Crippen molar-refractivity contribution in [1.82, 2.24) is 5.32 Å². The molecule has 3 N–H and O–H groups in total. The number of rotatable bonds is 4. The number of ether oxygens (including phenoxy) is 2. The SMILES string of the molecule is C#Cc1cccc(NC(=O)CNC(=NC)Nc2ccc3c(c2)OCCCO3)c1.I. The number of carbonyl (C=O) groups excluding carboxylic acids is 1. The molecule has 2 aromatic rings. The summed E-state index contributed by atoms with van der Waals surface area (Å²) in [5, 5.41) is 8.90. The topological polar surface area (TPSA) is 84.0 Å². The molecule has 2 aromatic carbocycles. The molecule has 1 heterocycles. The number of aliphatic imine (C=N–C) groups is 1. The number of fused-ring (bicyclic) bond motifs is 1. The van der Waals surface area contributed by atoms with Crippen LogP contribution in [-0.2, 0) is 4.79 Å². The van der Waals surface area contributed by atoms with Gasteiger partial charge in [0.05, 0.1) is 19.8 Å². The van der Waals surface area contributed by atoms with Gasteiger partial charge in [-0.2, -0.15) is 0 Å². The molecule has 1 amide bonds. The van der Waals surface area contributed by atoms with E-state index >= 15 is 0 Å². The fraction of sp³-hybridized carbons (Fsp3) is 0.238. The summed E-state index contributed by atoms with van der Waals surface area (Å²) in [4.78, 5) is 16.3. The van der Waals surface area contributed by atoms with Crippen LogP contribution in [0.15, 0.2) is 47.5 Å². The van der Waals surface area contributed by atoms with Crippen molar-refractivity contribution in [3.8, 4) is 23.8 Å². The van der Waals surface area contributed by atoms with Crippen molar-refractivity contribution >= 4 is 47.2 Å². The monoisotopic (exact) mass is 506 g/mol. The first-order chi connectivity index (χ1) is 13.7. The molecular weight excluding hydrogens is 483 g/mol. The predicted octanol–water partition coefficient (Wildman–Crippen LogP) is 3.07. The van der Waals surface area contributed by atoms with Crippen LogP contribution in [-0.4, -0.2) is 38.7 Å². The minimum atomic E-state index is -0.212. The lowest BCUT2D eigenvalue weighted by Gasteiger charge is -2.14. The predicted molar refractivity (Wildman–Crippen MR) is 125 cm³/mol. The fourth-order valence-electron chi connectivity index (χ4n) is 2.61. The summed E-state index contributed by atoms with van der Waals surface area (Å²) >= 11 is 0. The lowest BCUT2D eigenvalue weighted by atomic mass is 10.2. The molecule has 0 fully saturated rings. The number of nitrogens with one attached hydrogen (secondary N) is 3. The van der Waals surface area contributed by atoms with Crippen molar-refractivity contribution in [2.24, 2.45) is 4.99 Å². The Morgan fingerprint density at radius 3 is 2.62 bits per heavy atom. The summed E-state index contributed by atoms with van der Waals surface area (Å²) in [7, 11) is 1.63. The van der Waals surface area contributed by atoms with Crippen molar-refractivity contribution in [3.63, 3.8) is 0 Å². The van der Waals surface area contributed by atoms with Crippen LogP contribution in [0.25, 0.3) is 0 Å². The first-order valence-electron chi connectivity index (χ1n) is 8.92. The van der Waals surface area contributed by atoms with Gasteiger partial charge in [-0.05, 0) is 30.3 Å². The molecule has 0 spiro atoms. The van der Waals surface area contributed by atoms with Crippen molar-refractivity contribution in [1.29, 1.82) is 0 Å². The molecule has 0 atom stereocenters. The Balaban J connectivity index is 0.00000300. The minimum Gasteiger partial charge on any atom is -0.490 e. The number of halogens is 1. The maximum absolute atomic E-state index is 12.2. The van der Waals surface area contributed by atoms with E-state index in [1.165, 1.54) is 0 Å². The van der Waals surface area contributed by atoms with Crippen molar-refractivity contribution in [3.05, 3.63) is 48.0 Å². The molecule has 1 aliphatic rings. The zero-order chi connectivity index (χ0) is 19.8. The normalized spacial score (nSPS) is 12.6. The van der Waals surface area contributed by atoms with E-state index < -0.39 is 0 Å². The zero-order valence-corrected chi connectivity index (χ0v) is 18.4. The van der Waals surface area contributed by atoms with Gasteiger partial charge in [0.2, 0.25) is 5.91 Å². The smallest absolute Gasteiger partial charge is 0.243 e. The number of carbonyl (C=O) groups is 1. The Morgan fingerprint density at radius 2 is 1.86 bits per heavy atom. The summed E-state index contributed by atoms with van der Waals surface area (Å²) < 4.78 is 11.3. The summed E-state index contributed by atoms with van der Waals surface area (Å²) in [6.07, 6.45) is 6.22. The molecule has 7 nitrogen and oxygen atoms in total. The molecule has 0 bridgehead atoms. The molecule has 152 valence electrons. The van der Waals surface area contributed by atoms with Gasteiger partial charge in [0.15, 0.2) is 17.5 Å². The maximum Gasteiger partial charge on any atom is 0.243 e. The van der Waals surface area contributed by atoms with Crippen molar-refractivity contribution < 1.29 is 14.3 Å². The second-order valence-electron chi connectivity index (χ2n) is 6.04. The van der Waals surface area contributed by atoms with Crippen LogP contribution in [0.3, 0.4) is 0 Å². The van der Waals surface area contributed by atoms with Crippen LogP contribution in [0.4, 0.5) is 11.4 Å². The van der Waals surface area contributed by atoms with E-state index in [0.717, 1.165) is 17.9 Å². The number of benzene rings is 2. The maximum atomic E-state index is 12.2. The molecule has 1 aliphatic heterocycles. The van der Waals surface area contributed by atoms with Gasteiger partial charge in [0.1, 0.15) is 0 Å². The Hall–Kier alpha value is -2.93. The van der Waals surface area contributed by atoms with Gasteiger partial charge in [-0.3, -0.25) is 9.79 Å². The van der Waals surface area contributed by atoms with Crippen LogP contribution >= 0.6 is 24.0 Å². The third-order valence-corrected chi connectivity index (χ3v) is 3.96. The molecule has 3 rings (SSSR count). The minimum absolute atomic E-state index is 0. The van der Waals surface area contributed by atoms with Crippen LogP contribution in [0.1, 0.15) is 12.0 Å². The largest absolute Gasteiger partial charge is 0.490 e. The Morgan fingerprint density at radius 1 is 1.10 bits per heavy atom. The van der Waals surface area contributed by atoms with Crippen LogP contribution in [0.5, 0.6) is 11.5 Å². The lowest BCUT2D eigenvalue weighted by Crippen LogP contribution is -2.37. The van der Waals surface area contributed by atoms with Gasteiger partial charge in [-0.1, -0.05) is 12.0 Å². The third kappa shape index (κ3) is 6.57. The molecule has 0 radical (unpaired) electrons. The van der Waals surface area contributed by atoms with Gasteiger partial charge in [-0.15, -0.1) is 30.4 Å². The number of hydrogen-bond acceptors (Lipinski definition) is 4. The highest BCUT2D eigenvalue weighted by Gasteiger charge is 2.12. The van der Waals surface area contributed by atoms with E-state index in [4.69, 9.17) is 15.9 Å². The highest BCUT2D eigenvalue weighted by Crippen LogP contribution is 2.32. The zero-order valence-electron chi connectivity index (χ0n) is 16.0. The Bertz CT molecular complexity index is 924.